The van der Waals surface area contributed by atoms with E-state index in [1.54, 1.807) is 7.11 Å². The van der Waals surface area contributed by atoms with E-state index in [4.69, 9.17) is 14.2 Å². The van der Waals surface area contributed by atoms with Crippen LogP contribution in [0.3, 0.4) is 0 Å². The van der Waals surface area contributed by atoms with E-state index in [9.17, 15) is 0 Å². The smallest absolute Gasteiger partial charge is 0.165 e. The Kier molecular flexibility index (Phi) is 4.43. The molecular weight excluding hydrogens is 254 g/mol. The van der Waals surface area contributed by atoms with Gasteiger partial charge in [0.2, 0.25) is 0 Å². The standard InChI is InChI=1S/C16H23NO3/c1-18-15-5-2-4-14-11-17(7-3-8-20-16(14)15)10-13-6-9-19-12-13/h2,4-5,13H,3,6-12H2,1H3/t13-/m0/s1. The molecule has 1 atom stereocenters. The minimum atomic E-state index is 0.685. The Morgan fingerprint density at radius 3 is 3.10 bits per heavy atom. The molecule has 0 aromatic heterocycles. The van der Waals surface area contributed by atoms with Crippen LogP contribution < -0.4 is 9.47 Å². The van der Waals surface area contributed by atoms with Crippen LogP contribution in [-0.2, 0) is 11.3 Å². The van der Waals surface area contributed by atoms with Crippen molar-refractivity contribution in [3.63, 3.8) is 0 Å². The maximum atomic E-state index is 5.89. The van der Waals surface area contributed by atoms with Gasteiger partial charge in [0, 0.05) is 31.8 Å². The van der Waals surface area contributed by atoms with Crippen LogP contribution in [0.1, 0.15) is 18.4 Å². The van der Waals surface area contributed by atoms with Crippen LogP contribution in [0, 0.1) is 5.92 Å². The quantitative estimate of drug-likeness (QED) is 0.848. The monoisotopic (exact) mass is 277 g/mol. The fraction of sp³-hybridized carbons (Fsp3) is 0.625. The van der Waals surface area contributed by atoms with E-state index in [0.717, 1.165) is 57.4 Å². The van der Waals surface area contributed by atoms with Gasteiger partial charge in [-0.3, -0.25) is 4.90 Å². The van der Waals surface area contributed by atoms with Crippen molar-refractivity contribution in [1.29, 1.82) is 0 Å². The van der Waals surface area contributed by atoms with E-state index in [-0.39, 0.29) is 0 Å². The van der Waals surface area contributed by atoms with E-state index in [1.807, 2.05) is 12.1 Å². The average Bonchev–Trinajstić information content (AvgIpc) is 2.94. The molecule has 110 valence electrons. The normalized spacial score (nSPS) is 23.6. The van der Waals surface area contributed by atoms with Crippen molar-refractivity contribution in [2.24, 2.45) is 5.92 Å². The van der Waals surface area contributed by atoms with E-state index in [2.05, 4.69) is 11.0 Å². The first kappa shape index (κ1) is 13.7. The van der Waals surface area contributed by atoms with Gasteiger partial charge in [0.1, 0.15) is 0 Å². The average molecular weight is 277 g/mol. The summed E-state index contributed by atoms with van der Waals surface area (Å²) in [5.41, 5.74) is 1.22. The largest absolute Gasteiger partial charge is 0.493 e. The molecule has 0 N–H and O–H groups in total. The Morgan fingerprint density at radius 1 is 1.35 bits per heavy atom. The lowest BCUT2D eigenvalue weighted by atomic mass is 10.1. The van der Waals surface area contributed by atoms with Crippen LogP contribution >= 0.6 is 0 Å². The molecule has 2 aliphatic rings. The fourth-order valence-corrected chi connectivity index (χ4v) is 3.04. The first-order chi connectivity index (χ1) is 9.86. The molecule has 1 fully saturated rings. The number of fused-ring (bicyclic) bond motifs is 1. The van der Waals surface area contributed by atoms with Gasteiger partial charge < -0.3 is 14.2 Å². The molecule has 20 heavy (non-hydrogen) atoms. The molecule has 2 aliphatic heterocycles. The topological polar surface area (TPSA) is 30.9 Å². The Hall–Kier alpha value is -1.26. The fourth-order valence-electron chi connectivity index (χ4n) is 3.04. The van der Waals surface area contributed by atoms with Crippen molar-refractivity contribution in [3.8, 4) is 11.5 Å². The highest BCUT2D eigenvalue weighted by Gasteiger charge is 2.22. The molecule has 3 rings (SSSR count). The molecule has 1 aromatic rings. The van der Waals surface area contributed by atoms with Crippen molar-refractivity contribution in [2.45, 2.75) is 19.4 Å². The molecule has 0 amide bonds. The van der Waals surface area contributed by atoms with Gasteiger partial charge in [-0.15, -0.1) is 0 Å². The maximum Gasteiger partial charge on any atom is 0.165 e. The summed E-state index contributed by atoms with van der Waals surface area (Å²) in [6, 6.07) is 6.15. The van der Waals surface area contributed by atoms with Crippen LogP contribution in [0.2, 0.25) is 0 Å². The van der Waals surface area contributed by atoms with Crippen LogP contribution in [0.15, 0.2) is 18.2 Å². The first-order valence-electron chi connectivity index (χ1n) is 7.45. The summed E-state index contributed by atoms with van der Waals surface area (Å²) in [5, 5.41) is 0. The number of ether oxygens (including phenoxy) is 3. The number of hydrogen-bond donors (Lipinski definition) is 0. The molecule has 0 spiro atoms. The molecule has 1 aromatic carbocycles. The molecular formula is C16H23NO3. The van der Waals surface area contributed by atoms with Gasteiger partial charge in [0.25, 0.3) is 0 Å². The number of benzene rings is 1. The summed E-state index contributed by atoms with van der Waals surface area (Å²) in [7, 11) is 1.70. The van der Waals surface area contributed by atoms with Crippen molar-refractivity contribution >= 4 is 0 Å². The van der Waals surface area contributed by atoms with Crippen molar-refractivity contribution in [2.75, 3.05) is 40.0 Å². The van der Waals surface area contributed by atoms with Crippen molar-refractivity contribution < 1.29 is 14.2 Å². The van der Waals surface area contributed by atoms with Gasteiger partial charge >= 0.3 is 0 Å². The third-order valence-corrected chi connectivity index (χ3v) is 4.08. The van der Waals surface area contributed by atoms with Gasteiger partial charge in [-0.1, -0.05) is 12.1 Å². The van der Waals surface area contributed by atoms with Crippen LogP contribution in [0.5, 0.6) is 11.5 Å². The van der Waals surface area contributed by atoms with Gasteiger partial charge in [0.15, 0.2) is 11.5 Å². The predicted octanol–water partition coefficient (Wildman–Crippen LogP) is 2.32. The number of rotatable bonds is 3. The number of hydrogen-bond acceptors (Lipinski definition) is 4. The number of methoxy groups -OCH3 is 1. The summed E-state index contributed by atoms with van der Waals surface area (Å²) in [6.45, 7) is 5.74. The lowest BCUT2D eigenvalue weighted by Crippen LogP contribution is -2.32. The molecule has 0 bridgehead atoms. The highest BCUT2D eigenvalue weighted by molar-refractivity contribution is 5.46. The second-order valence-electron chi connectivity index (χ2n) is 5.62. The number of para-hydroxylation sites is 1. The Balaban J connectivity index is 1.75. The molecule has 0 unspecified atom stereocenters. The second-order valence-corrected chi connectivity index (χ2v) is 5.62. The molecule has 2 heterocycles. The third kappa shape index (κ3) is 3.07. The van der Waals surface area contributed by atoms with E-state index < -0.39 is 0 Å². The zero-order chi connectivity index (χ0) is 13.8. The van der Waals surface area contributed by atoms with Crippen molar-refractivity contribution in [1.82, 2.24) is 4.90 Å². The minimum Gasteiger partial charge on any atom is -0.493 e. The van der Waals surface area contributed by atoms with Gasteiger partial charge in [-0.05, 0) is 24.8 Å². The summed E-state index contributed by atoms with van der Waals surface area (Å²) < 4.78 is 16.8. The Morgan fingerprint density at radius 2 is 2.30 bits per heavy atom. The summed E-state index contributed by atoms with van der Waals surface area (Å²) in [5.74, 6) is 2.44. The lowest BCUT2D eigenvalue weighted by Gasteiger charge is -2.28. The third-order valence-electron chi connectivity index (χ3n) is 4.08. The number of nitrogens with zero attached hydrogens (tertiary/aromatic N) is 1. The highest BCUT2D eigenvalue weighted by atomic mass is 16.5. The molecule has 4 nitrogen and oxygen atoms in total. The minimum absolute atomic E-state index is 0.685. The summed E-state index contributed by atoms with van der Waals surface area (Å²) in [6.07, 6.45) is 2.25. The van der Waals surface area contributed by atoms with Gasteiger partial charge in [-0.25, -0.2) is 0 Å². The zero-order valence-corrected chi connectivity index (χ0v) is 12.1. The summed E-state index contributed by atoms with van der Waals surface area (Å²) >= 11 is 0. The summed E-state index contributed by atoms with van der Waals surface area (Å²) in [4.78, 5) is 2.53. The Bertz CT molecular complexity index is 443. The molecule has 1 saturated heterocycles. The second kappa shape index (κ2) is 6.46. The van der Waals surface area contributed by atoms with Gasteiger partial charge in [-0.2, -0.15) is 0 Å². The van der Waals surface area contributed by atoms with E-state index >= 15 is 0 Å². The van der Waals surface area contributed by atoms with Crippen LogP contribution in [-0.4, -0.2) is 44.9 Å². The van der Waals surface area contributed by atoms with E-state index in [0.29, 0.717) is 5.92 Å². The van der Waals surface area contributed by atoms with Crippen LogP contribution in [0.25, 0.3) is 0 Å². The molecule has 0 radical (unpaired) electrons. The maximum absolute atomic E-state index is 5.89. The molecule has 0 aliphatic carbocycles. The van der Waals surface area contributed by atoms with Crippen LogP contribution in [0.4, 0.5) is 0 Å². The molecule has 0 saturated carbocycles. The zero-order valence-electron chi connectivity index (χ0n) is 12.1. The first-order valence-corrected chi connectivity index (χ1v) is 7.45. The van der Waals surface area contributed by atoms with E-state index in [1.165, 1.54) is 12.0 Å². The highest BCUT2D eigenvalue weighted by Crippen LogP contribution is 2.33. The molecule has 4 heteroatoms. The van der Waals surface area contributed by atoms with Crippen molar-refractivity contribution in [3.05, 3.63) is 23.8 Å². The Labute approximate surface area is 120 Å². The SMILES string of the molecule is COc1cccc2c1OCCCN(C[C@@H]1CCOC1)C2. The predicted molar refractivity (Wildman–Crippen MR) is 77.3 cm³/mol. The van der Waals surface area contributed by atoms with Gasteiger partial charge in [0.05, 0.1) is 20.3 Å². The lowest BCUT2D eigenvalue weighted by molar-refractivity contribution is 0.153.